The molecule has 1 saturated heterocycles. The molecule has 5 nitrogen and oxygen atoms in total. The molecular formula is C19H18N2O3. The van der Waals surface area contributed by atoms with Crippen LogP contribution in [0, 0.1) is 0 Å². The first-order valence-electron chi connectivity index (χ1n) is 7.99. The lowest BCUT2D eigenvalue weighted by Crippen LogP contribution is -2.23. The lowest BCUT2D eigenvalue weighted by Gasteiger charge is -2.15. The van der Waals surface area contributed by atoms with Crippen molar-refractivity contribution < 1.29 is 14.7 Å². The van der Waals surface area contributed by atoms with Gasteiger partial charge in [0.1, 0.15) is 5.69 Å². The number of fused-ring (bicyclic) bond motifs is 1. The summed E-state index contributed by atoms with van der Waals surface area (Å²) in [4.78, 5) is 27.6. The van der Waals surface area contributed by atoms with E-state index in [1.807, 2.05) is 42.2 Å². The van der Waals surface area contributed by atoms with Crippen LogP contribution in [0.3, 0.4) is 0 Å². The lowest BCUT2D eigenvalue weighted by molar-refractivity contribution is 0.0963. The highest BCUT2D eigenvalue weighted by Crippen LogP contribution is 2.38. The molecule has 0 spiro atoms. The fourth-order valence-electron chi connectivity index (χ4n) is 3.57. The molecule has 1 aliphatic carbocycles. The summed E-state index contributed by atoms with van der Waals surface area (Å²) in [7, 11) is 1.77. The van der Waals surface area contributed by atoms with Gasteiger partial charge in [0.25, 0.3) is 0 Å². The summed E-state index contributed by atoms with van der Waals surface area (Å²) >= 11 is 0. The second-order valence-corrected chi connectivity index (χ2v) is 6.36. The summed E-state index contributed by atoms with van der Waals surface area (Å²) in [6, 6.07) is 9.80. The van der Waals surface area contributed by atoms with Crippen LogP contribution in [-0.4, -0.2) is 38.7 Å². The van der Waals surface area contributed by atoms with Gasteiger partial charge in [-0.15, -0.1) is 0 Å². The maximum atomic E-state index is 13.0. The molecule has 1 N–H and O–H groups in total. The Morgan fingerprint density at radius 2 is 1.83 bits per heavy atom. The maximum Gasteiger partial charge on any atom is 0.211 e. The van der Waals surface area contributed by atoms with E-state index in [-0.39, 0.29) is 24.2 Å². The molecule has 1 aromatic heterocycles. The molecule has 1 unspecified atom stereocenters. The van der Waals surface area contributed by atoms with Crippen molar-refractivity contribution in [2.75, 3.05) is 6.54 Å². The Kier molecular flexibility index (Phi) is 3.21. The van der Waals surface area contributed by atoms with Crippen LogP contribution in [-0.2, 0) is 13.7 Å². The summed E-state index contributed by atoms with van der Waals surface area (Å²) in [6.07, 6.45) is 1.43. The van der Waals surface area contributed by atoms with E-state index >= 15 is 0 Å². The van der Waals surface area contributed by atoms with Crippen LogP contribution in [0.2, 0.25) is 0 Å². The third-order valence-electron chi connectivity index (χ3n) is 4.83. The molecule has 0 amide bonds. The number of hydrogen-bond acceptors (Lipinski definition) is 4. The molecule has 2 aromatic rings. The highest BCUT2D eigenvalue weighted by Gasteiger charge is 2.41. The highest BCUT2D eigenvalue weighted by atomic mass is 16.3. The van der Waals surface area contributed by atoms with Crippen molar-refractivity contribution in [3.8, 4) is 11.3 Å². The predicted octanol–water partition coefficient (Wildman–Crippen LogP) is 2.15. The van der Waals surface area contributed by atoms with Gasteiger partial charge in [-0.1, -0.05) is 30.3 Å². The molecule has 24 heavy (non-hydrogen) atoms. The molecule has 1 atom stereocenters. The minimum absolute atomic E-state index is 0.171. The fourth-order valence-corrected chi connectivity index (χ4v) is 3.57. The number of rotatable bonds is 3. The normalized spacial score (nSPS) is 19.4. The first kappa shape index (κ1) is 14.9. The van der Waals surface area contributed by atoms with Gasteiger partial charge in [-0.25, -0.2) is 0 Å². The molecule has 0 bridgehead atoms. The van der Waals surface area contributed by atoms with E-state index in [2.05, 4.69) is 0 Å². The summed E-state index contributed by atoms with van der Waals surface area (Å²) < 4.78 is 1.73. The number of carbonyl (C=O) groups is 2. The van der Waals surface area contributed by atoms with Gasteiger partial charge in [0, 0.05) is 31.3 Å². The minimum atomic E-state index is -0.282. The number of carbonyl (C=O) groups excluding carboxylic acids is 2. The third-order valence-corrected chi connectivity index (χ3v) is 4.83. The van der Waals surface area contributed by atoms with Crippen molar-refractivity contribution >= 4 is 11.6 Å². The molecule has 1 aromatic carbocycles. The van der Waals surface area contributed by atoms with Crippen molar-refractivity contribution in [2.45, 2.75) is 19.6 Å². The van der Waals surface area contributed by atoms with Crippen LogP contribution in [0.25, 0.3) is 11.3 Å². The molecule has 2 aliphatic rings. The van der Waals surface area contributed by atoms with Crippen LogP contribution in [0.4, 0.5) is 0 Å². The van der Waals surface area contributed by atoms with Gasteiger partial charge in [0.2, 0.25) is 11.6 Å². The van der Waals surface area contributed by atoms with E-state index in [9.17, 15) is 14.7 Å². The topological polar surface area (TPSA) is 62.3 Å². The molecule has 2 heterocycles. The molecule has 122 valence electrons. The Labute approximate surface area is 139 Å². The molecule has 4 rings (SSSR count). The number of hydrogen-bond donors (Lipinski definition) is 1. The third kappa shape index (κ3) is 1.98. The predicted molar refractivity (Wildman–Crippen MR) is 89.7 cm³/mol. The summed E-state index contributed by atoms with van der Waals surface area (Å²) in [5.41, 5.74) is 3.28. The maximum absolute atomic E-state index is 13.0. The smallest absolute Gasteiger partial charge is 0.211 e. The van der Waals surface area contributed by atoms with Crippen molar-refractivity contribution in [3.63, 3.8) is 0 Å². The standard InChI is InChI=1S/C19H18N2O3/c1-11-9-21(11)14-8-15(23)18-16(19(14)24)13(10-22)17(20(18)2)12-6-4-3-5-7-12/h3-8,11,22H,9-10H2,1-2H3. The second-order valence-electron chi connectivity index (χ2n) is 6.36. The summed E-state index contributed by atoms with van der Waals surface area (Å²) in [5.74, 6) is -0.353. The zero-order valence-corrected chi connectivity index (χ0v) is 13.6. The number of ketones is 2. The van der Waals surface area contributed by atoms with Gasteiger partial charge >= 0.3 is 0 Å². The quantitative estimate of drug-likeness (QED) is 0.880. The van der Waals surface area contributed by atoms with Gasteiger partial charge < -0.3 is 14.6 Å². The summed E-state index contributed by atoms with van der Waals surface area (Å²) in [5, 5.41) is 9.94. The van der Waals surface area contributed by atoms with E-state index in [0.29, 0.717) is 22.5 Å². The number of aliphatic hydroxyl groups excluding tert-OH is 1. The number of aromatic nitrogens is 1. The summed E-state index contributed by atoms with van der Waals surface area (Å²) in [6.45, 7) is 2.52. The molecule has 1 aliphatic heterocycles. The second kappa shape index (κ2) is 5.18. The van der Waals surface area contributed by atoms with Gasteiger partial charge in [-0.2, -0.15) is 0 Å². The first-order chi connectivity index (χ1) is 11.5. The Morgan fingerprint density at radius 3 is 2.42 bits per heavy atom. The Balaban J connectivity index is 1.94. The molecular weight excluding hydrogens is 304 g/mol. The largest absolute Gasteiger partial charge is 0.392 e. The molecule has 0 saturated carbocycles. The van der Waals surface area contributed by atoms with Crippen molar-refractivity contribution in [3.05, 3.63) is 58.9 Å². The van der Waals surface area contributed by atoms with E-state index in [1.165, 1.54) is 6.08 Å². The number of nitrogens with zero attached hydrogens (tertiary/aromatic N) is 2. The molecule has 0 radical (unpaired) electrons. The van der Waals surface area contributed by atoms with Crippen molar-refractivity contribution in [1.82, 2.24) is 9.47 Å². The Hall–Kier alpha value is -2.66. The van der Waals surface area contributed by atoms with E-state index in [4.69, 9.17) is 0 Å². The van der Waals surface area contributed by atoms with Crippen LogP contribution in [0.1, 0.15) is 33.3 Å². The zero-order valence-electron chi connectivity index (χ0n) is 13.6. The van der Waals surface area contributed by atoms with Gasteiger partial charge in [0.05, 0.1) is 23.6 Å². The van der Waals surface area contributed by atoms with Gasteiger partial charge in [-0.05, 0) is 12.5 Å². The number of benzene rings is 1. The van der Waals surface area contributed by atoms with Crippen molar-refractivity contribution in [1.29, 1.82) is 0 Å². The van der Waals surface area contributed by atoms with E-state index < -0.39 is 0 Å². The minimum Gasteiger partial charge on any atom is -0.392 e. The Morgan fingerprint density at radius 1 is 1.17 bits per heavy atom. The van der Waals surface area contributed by atoms with Gasteiger partial charge in [0.15, 0.2) is 0 Å². The van der Waals surface area contributed by atoms with Crippen molar-refractivity contribution in [2.24, 2.45) is 7.05 Å². The van der Waals surface area contributed by atoms with E-state index in [0.717, 1.165) is 17.8 Å². The average Bonchev–Trinajstić information content (AvgIpc) is 3.22. The lowest BCUT2D eigenvalue weighted by atomic mass is 9.94. The van der Waals surface area contributed by atoms with Crippen LogP contribution in [0.15, 0.2) is 42.1 Å². The van der Waals surface area contributed by atoms with Crippen LogP contribution < -0.4 is 0 Å². The van der Waals surface area contributed by atoms with Crippen LogP contribution >= 0.6 is 0 Å². The first-order valence-corrected chi connectivity index (χ1v) is 7.99. The SMILES string of the molecule is CC1CN1C1=CC(=O)c2c(c(CO)c(-c3ccccc3)n2C)C1=O. The van der Waals surface area contributed by atoms with E-state index in [1.54, 1.807) is 11.6 Å². The molecule has 5 heteroatoms. The highest BCUT2D eigenvalue weighted by molar-refractivity contribution is 6.25. The average molecular weight is 322 g/mol. The fraction of sp³-hybridized carbons (Fsp3) is 0.263. The molecule has 1 fully saturated rings. The zero-order chi connectivity index (χ0) is 17.0. The Bertz CT molecular complexity index is 893. The number of allylic oxidation sites excluding steroid dienone is 2. The van der Waals surface area contributed by atoms with Gasteiger partial charge in [-0.3, -0.25) is 9.59 Å². The van der Waals surface area contributed by atoms with Crippen LogP contribution in [0.5, 0.6) is 0 Å². The number of Topliss-reactive ketones (excluding diaryl/α,β-unsaturated/α-hetero) is 1. The monoisotopic (exact) mass is 322 g/mol. The number of aliphatic hydroxyl groups is 1.